The van der Waals surface area contributed by atoms with Gasteiger partial charge >= 0.3 is 0 Å². The van der Waals surface area contributed by atoms with Gasteiger partial charge in [0.2, 0.25) is 11.8 Å². The second-order valence-electron chi connectivity index (χ2n) is 10.7. The van der Waals surface area contributed by atoms with E-state index < -0.39 is 6.04 Å². The van der Waals surface area contributed by atoms with E-state index in [1.807, 2.05) is 78.9 Å². The van der Waals surface area contributed by atoms with Gasteiger partial charge in [-0.2, -0.15) is 0 Å². The topological polar surface area (TPSA) is 95.6 Å². The third-order valence-corrected chi connectivity index (χ3v) is 7.75. The number of nitrogens with one attached hydrogen (secondary N) is 1. The number of hydrogen-bond acceptors (Lipinski definition) is 7. The number of nitrogens with zero attached hydrogens (tertiary/aromatic N) is 1. The SMILES string of the molecule is COc1ccc(CN(C(=O)Cc2ccc(OC)c(OC)c2)[C@@H](Cc2ccccc2)C(=O)NCCc2ccc(OC)c(OC)c2)cc1. The van der Waals surface area contributed by atoms with E-state index >= 15 is 0 Å². The van der Waals surface area contributed by atoms with E-state index in [0.717, 1.165) is 22.3 Å². The van der Waals surface area contributed by atoms with Gasteiger partial charge in [-0.15, -0.1) is 0 Å². The second kappa shape index (κ2) is 16.8. The predicted octanol–water partition coefficient (Wildman–Crippen LogP) is 5.27. The Labute approximate surface area is 271 Å². The van der Waals surface area contributed by atoms with E-state index in [0.29, 0.717) is 48.1 Å². The second-order valence-corrected chi connectivity index (χ2v) is 10.7. The summed E-state index contributed by atoms with van der Waals surface area (Å²) < 4.78 is 27.0. The number of ether oxygens (including phenoxy) is 5. The highest BCUT2D eigenvalue weighted by molar-refractivity contribution is 5.89. The van der Waals surface area contributed by atoms with E-state index in [4.69, 9.17) is 23.7 Å². The Bertz CT molecular complexity index is 1570. The molecule has 0 bridgehead atoms. The molecule has 46 heavy (non-hydrogen) atoms. The first-order valence-corrected chi connectivity index (χ1v) is 15.0. The first-order valence-electron chi connectivity index (χ1n) is 15.0. The standard InChI is InChI=1S/C37H42N2O7/c1-42-30-15-11-28(12-16-30)25-39(36(40)24-29-14-18-33(44-3)35(23-29)46-5)31(21-26-9-7-6-8-10-26)37(41)38-20-19-27-13-17-32(43-2)34(22-27)45-4/h6-18,22-23,31H,19-21,24-25H2,1-5H3,(H,38,41)/t31-/m0/s1. The maximum atomic E-state index is 14.2. The first-order chi connectivity index (χ1) is 22.4. The van der Waals surface area contributed by atoms with Crippen molar-refractivity contribution in [2.45, 2.75) is 31.8 Å². The Morgan fingerprint density at radius 3 is 1.78 bits per heavy atom. The van der Waals surface area contributed by atoms with Crippen LogP contribution in [0.3, 0.4) is 0 Å². The summed E-state index contributed by atoms with van der Waals surface area (Å²) in [5.74, 6) is 2.64. The van der Waals surface area contributed by atoms with E-state index in [1.165, 1.54) is 0 Å². The summed E-state index contributed by atoms with van der Waals surface area (Å²) in [5, 5.41) is 3.09. The van der Waals surface area contributed by atoms with Gasteiger partial charge in [-0.25, -0.2) is 0 Å². The zero-order valence-corrected chi connectivity index (χ0v) is 27.1. The highest BCUT2D eigenvalue weighted by Gasteiger charge is 2.30. The summed E-state index contributed by atoms with van der Waals surface area (Å²) in [4.78, 5) is 29.9. The third-order valence-electron chi connectivity index (χ3n) is 7.75. The van der Waals surface area contributed by atoms with Gasteiger partial charge in [0, 0.05) is 19.5 Å². The fourth-order valence-electron chi connectivity index (χ4n) is 5.23. The lowest BCUT2D eigenvalue weighted by atomic mass is 10.0. The number of carbonyl (C=O) groups is 2. The lowest BCUT2D eigenvalue weighted by Gasteiger charge is -2.32. The van der Waals surface area contributed by atoms with Crippen LogP contribution in [0.15, 0.2) is 91.0 Å². The molecule has 9 heteroatoms. The van der Waals surface area contributed by atoms with Crippen molar-refractivity contribution in [2.24, 2.45) is 0 Å². The largest absolute Gasteiger partial charge is 0.497 e. The molecular formula is C37H42N2O7. The van der Waals surface area contributed by atoms with Crippen molar-refractivity contribution >= 4 is 11.8 Å². The van der Waals surface area contributed by atoms with E-state index in [2.05, 4.69) is 5.32 Å². The average Bonchev–Trinajstić information content (AvgIpc) is 3.10. The Morgan fingerprint density at radius 1 is 0.630 bits per heavy atom. The van der Waals surface area contributed by atoms with E-state index in [9.17, 15) is 9.59 Å². The molecule has 1 N–H and O–H groups in total. The maximum absolute atomic E-state index is 14.2. The molecule has 0 spiro atoms. The summed E-state index contributed by atoms with van der Waals surface area (Å²) in [5.41, 5.74) is 3.55. The van der Waals surface area contributed by atoms with Crippen LogP contribution in [0.2, 0.25) is 0 Å². The monoisotopic (exact) mass is 626 g/mol. The van der Waals surface area contributed by atoms with Crippen LogP contribution in [0.4, 0.5) is 0 Å². The summed E-state index contributed by atoms with van der Waals surface area (Å²) >= 11 is 0. The van der Waals surface area contributed by atoms with Gasteiger partial charge < -0.3 is 33.9 Å². The molecule has 4 aromatic rings. The van der Waals surface area contributed by atoms with Crippen LogP contribution >= 0.6 is 0 Å². The minimum absolute atomic E-state index is 0.0702. The van der Waals surface area contributed by atoms with Crippen molar-refractivity contribution in [1.82, 2.24) is 10.2 Å². The van der Waals surface area contributed by atoms with E-state index in [1.54, 1.807) is 52.6 Å². The minimum Gasteiger partial charge on any atom is -0.497 e. The molecule has 0 aliphatic heterocycles. The van der Waals surface area contributed by atoms with Crippen LogP contribution in [0.5, 0.6) is 28.7 Å². The molecule has 0 radical (unpaired) electrons. The lowest BCUT2D eigenvalue weighted by Crippen LogP contribution is -2.51. The number of benzene rings is 4. The van der Waals surface area contributed by atoms with Crippen molar-refractivity contribution in [2.75, 3.05) is 42.1 Å². The molecule has 9 nitrogen and oxygen atoms in total. The Hall–Kier alpha value is -5.18. The van der Waals surface area contributed by atoms with Crippen molar-refractivity contribution in [1.29, 1.82) is 0 Å². The Balaban J connectivity index is 1.62. The normalized spacial score (nSPS) is 11.2. The zero-order valence-electron chi connectivity index (χ0n) is 27.1. The van der Waals surface area contributed by atoms with Crippen LogP contribution in [0.25, 0.3) is 0 Å². The van der Waals surface area contributed by atoms with Gasteiger partial charge in [0.25, 0.3) is 0 Å². The van der Waals surface area contributed by atoms with Crippen LogP contribution in [0.1, 0.15) is 22.3 Å². The molecule has 4 rings (SSSR count). The fourth-order valence-corrected chi connectivity index (χ4v) is 5.23. The Morgan fingerprint density at radius 2 is 1.20 bits per heavy atom. The average molecular weight is 627 g/mol. The van der Waals surface area contributed by atoms with Crippen molar-refractivity contribution < 1.29 is 33.3 Å². The summed E-state index contributed by atoms with van der Waals surface area (Å²) in [7, 11) is 7.91. The summed E-state index contributed by atoms with van der Waals surface area (Å²) in [6.45, 7) is 0.608. The molecule has 1 atom stereocenters. The van der Waals surface area contributed by atoms with Crippen LogP contribution in [-0.4, -0.2) is 64.8 Å². The van der Waals surface area contributed by atoms with Crippen LogP contribution in [0, 0.1) is 0 Å². The zero-order chi connectivity index (χ0) is 32.9. The molecule has 0 saturated carbocycles. The van der Waals surface area contributed by atoms with Gasteiger partial charge in [-0.05, 0) is 65.1 Å². The molecule has 0 unspecified atom stereocenters. The lowest BCUT2D eigenvalue weighted by molar-refractivity contribution is -0.140. The van der Waals surface area contributed by atoms with Gasteiger partial charge in [0.05, 0.1) is 42.0 Å². The molecule has 4 aromatic carbocycles. The number of methoxy groups -OCH3 is 5. The van der Waals surface area contributed by atoms with Crippen LogP contribution < -0.4 is 29.0 Å². The third kappa shape index (κ3) is 8.94. The van der Waals surface area contributed by atoms with Crippen molar-refractivity contribution in [3.63, 3.8) is 0 Å². The van der Waals surface area contributed by atoms with Gasteiger partial charge in [0.1, 0.15) is 11.8 Å². The van der Waals surface area contributed by atoms with Gasteiger partial charge in [-0.1, -0.05) is 54.6 Å². The highest BCUT2D eigenvalue weighted by atomic mass is 16.5. The van der Waals surface area contributed by atoms with Crippen molar-refractivity contribution in [3.05, 3.63) is 113 Å². The smallest absolute Gasteiger partial charge is 0.243 e. The minimum atomic E-state index is -0.775. The van der Waals surface area contributed by atoms with Gasteiger partial charge in [-0.3, -0.25) is 9.59 Å². The molecule has 0 aliphatic carbocycles. The predicted molar refractivity (Wildman–Crippen MR) is 177 cm³/mol. The Kier molecular flexibility index (Phi) is 12.3. The number of amides is 2. The van der Waals surface area contributed by atoms with E-state index in [-0.39, 0.29) is 24.8 Å². The summed E-state index contributed by atoms with van der Waals surface area (Å²) in [6.07, 6.45) is 0.986. The van der Waals surface area contributed by atoms with Gasteiger partial charge in [0.15, 0.2) is 23.0 Å². The summed E-state index contributed by atoms with van der Waals surface area (Å²) in [6, 6.07) is 27.5. The fraction of sp³-hybridized carbons (Fsp3) is 0.297. The molecule has 0 saturated heterocycles. The molecule has 0 aromatic heterocycles. The number of rotatable bonds is 16. The maximum Gasteiger partial charge on any atom is 0.243 e. The molecule has 2 amide bonds. The molecule has 0 heterocycles. The van der Waals surface area contributed by atoms with Crippen molar-refractivity contribution in [3.8, 4) is 28.7 Å². The molecule has 0 fully saturated rings. The quantitative estimate of drug-likeness (QED) is 0.181. The molecule has 242 valence electrons. The molecular weight excluding hydrogens is 584 g/mol. The number of carbonyl (C=O) groups excluding carboxylic acids is 2. The van der Waals surface area contributed by atoms with Crippen LogP contribution in [-0.2, 0) is 35.4 Å². The first kappa shape index (κ1) is 33.7. The molecule has 0 aliphatic rings. The highest BCUT2D eigenvalue weighted by Crippen LogP contribution is 2.29. The number of hydrogen-bond donors (Lipinski definition) is 1.